The number of carbonyl (C=O) groups excluding carboxylic acids is 2. The molecule has 0 aromatic heterocycles. The maximum Gasteiger partial charge on any atom is 0.416 e. The molecule has 8 heteroatoms. The van der Waals surface area contributed by atoms with E-state index >= 15 is 0 Å². The van der Waals surface area contributed by atoms with Crippen LogP contribution in [0.25, 0.3) is 0 Å². The van der Waals surface area contributed by atoms with Gasteiger partial charge in [-0.25, -0.2) is 0 Å². The molecule has 0 aliphatic heterocycles. The molecule has 0 spiro atoms. The van der Waals surface area contributed by atoms with E-state index in [9.17, 15) is 22.8 Å². The number of halogens is 3. The summed E-state index contributed by atoms with van der Waals surface area (Å²) in [5.74, 6) is -0.619. The number of thioether (sulfide) groups is 1. The molecule has 2 aromatic rings. The van der Waals surface area contributed by atoms with Crippen molar-refractivity contribution in [2.75, 3.05) is 18.1 Å². The minimum Gasteiger partial charge on any atom is -0.355 e. The maximum atomic E-state index is 12.7. The second-order valence-electron chi connectivity index (χ2n) is 5.02. The van der Waals surface area contributed by atoms with Gasteiger partial charge < -0.3 is 10.6 Å². The molecule has 2 rings (SSSR count). The first-order chi connectivity index (χ1) is 11.8. The van der Waals surface area contributed by atoms with Crippen LogP contribution in [0.15, 0.2) is 53.4 Å². The minimum atomic E-state index is -4.41. The third-order valence-corrected chi connectivity index (χ3v) is 4.18. The Morgan fingerprint density at radius 2 is 1.76 bits per heavy atom. The van der Waals surface area contributed by atoms with Crippen molar-refractivity contribution in [3.8, 4) is 0 Å². The van der Waals surface area contributed by atoms with E-state index in [2.05, 4.69) is 10.6 Å². The molecule has 0 radical (unpaired) electrons. The average Bonchev–Trinajstić information content (AvgIpc) is 2.59. The van der Waals surface area contributed by atoms with Gasteiger partial charge in [-0.3, -0.25) is 9.59 Å². The van der Waals surface area contributed by atoms with E-state index < -0.39 is 11.7 Å². The lowest BCUT2D eigenvalue weighted by Crippen LogP contribution is -2.18. The molecule has 0 atom stereocenters. The van der Waals surface area contributed by atoms with Gasteiger partial charge in [-0.2, -0.15) is 13.2 Å². The highest BCUT2D eigenvalue weighted by molar-refractivity contribution is 8.00. The summed E-state index contributed by atoms with van der Waals surface area (Å²) < 4.78 is 38.0. The van der Waals surface area contributed by atoms with Crippen molar-refractivity contribution >= 4 is 29.3 Å². The molecule has 0 bridgehead atoms. The monoisotopic (exact) mass is 368 g/mol. The molecule has 0 fully saturated rings. The van der Waals surface area contributed by atoms with Gasteiger partial charge in [0.05, 0.1) is 11.3 Å². The number of hydrogen-bond donors (Lipinski definition) is 2. The molecule has 0 unspecified atom stereocenters. The largest absolute Gasteiger partial charge is 0.416 e. The lowest BCUT2D eigenvalue weighted by Gasteiger charge is -2.09. The highest BCUT2D eigenvalue weighted by Crippen LogP contribution is 2.31. The number of hydrogen-bond acceptors (Lipinski definition) is 3. The SMILES string of the molecule is CNC(=O)c1ccc(NC(=O)CSc2cccc(C(F)(F)F)c2)cc1. The number of rotatable bonds is 5. The van der Waals surface area contributed by atoms with Crippen LogP contribution < -0.4 is 10.6 Å². The predicted molar refractivity (Wildman–Crippen MR) is 90.6 cm³/mol. The molecule has 0 aliphatic carbocycles. The van der Waals surface area contributed by atoms with Crippen LogP contribution in [0, 0.1) is 0 Å². The molecule has 0 aliphatic rings. The standard InChI is InChI=1S/C17H15F3N2O2S/c1-21-16(24)11-5-7-13(8-6-11)22-15(23)10-25-14-4-2-3-12(9-14)17(18,19)20/h2-9H,10H2,1H3,(H,21,24)(H,22,23). The summed E-state index contributed by atoms with van der Waals surface area (Å²) in [7, 11) is 1.52. The lowest BCUT2D eigenvalue weighted by molar-refractivity contribution is -0.137. The highest BCUT2D eigenvalue weighted by Gasteiger charge is 2.30. The lowest BCUT2D eigenvalue weighted by atomic mass is 10.2. The zero-order valence-electron chi connectivity index (χ0n) is 13.2. The van der Waals surface area contributed by atoms with E-state index in [1.54, 1.807) is 24.3 Å². The van der Waals surface area contributed by atoms with Crippen LogP contribution in [0.2, 0.25) is 0 Å². The molecule has 4 nitrogen and oxygen atoms in total. The summed E-state index contributed by atoms with van der Waals surface area (Å²) in [6, 6.07) is 11.1. The average molecular weight is 368 g/mol. The van der Waals surface area contributed by atoms with Crippen molar-refractivity contribution in [3.05, 3.63) is 59.7 Å². The minimum absolute atomic E-state index is 0.0293. The van der Waals surface area contributed by atoms with Gasteiger partial charge in [0.15, 0.2) is 0 Å². The van der Waals surface area contributed by atoms with Crippen molar-refractivity contribution < 1.29 is 22.8 Å². The van der Waals surface area contributed by atoms with Crippen molar-refractivity contribution in [3.63, 3.8) is 0 Å². The van der Waals surface area contributed by atoms with Gasteiger partial charge in [0.25, 0.3) is 5.91 Å². The van der Waals surface area contributed by atoms with Crippen LogP contribution >= 0.6 is 11.8 Å². The Kier molecular flexibility index (Phi) is 6.08. The van der Waals surface area contributed by atoms with Crippen molar-refractivity contribution in [2.24, 2.45) is 0 Å². The molecule has 132 valence electrons. The predicted octanol–water partition coefficient (Wildman–Crippen LogP) is 3.80. The number of nitrogens with one attached hydrogen (secondary N) is 2. The Morgan fingerprint density at radius 3 is 2.36 bits per heavy atom. The molecule has 2 aromatic carbocycles. The number of anilines is 1. The van der Waals surface area contributed by atoms with Gasteiger partial charge in [0.1, 0.15) is 0 Å². The fourth-order valence-corrected chi connectivity index (χ4v) is 2.71. The van der Waals surface area contributed by atoms with E-state index in [1.807, 2.05) is 0 Å². The zero-order chi connectivity index (χ0) is 18.4. The molecule has 0 saturated carbocycles. The van der Waals surface area contributed by atoms with Gasteiger partial charge in [-0.05, 0) is 42.5 Å². The van der Waals surface area contributed by atoms with E-state index in [0.717, 1.165) is 23.9 Å². The second-order valence-corrected chi connectivity index (χ2v) is 6.07. The summed E-state index contributed by atoms with van der Waals surface area (Å²) in [5.41, 5.74) is 0.212. The van der Waals surface area contributed by atoms with Gasteiger partial charge in [0.2, 0.25) is 5.91 Å². The van der Waals surface area contributed by atoms with Crippen molar-refractivity contribution in [1.29, 1.82) is 0 Å². The third-order valence-electron chi connectivity index (χ3n) is 3.19. The molecule has 2 N–H and O–H groups in total. The Hall–Kier alpha value is -2.48. The Morgan fingerprint density at radius 1 is 1.08 bits per heavy atom. The first-order valence-electron chi connectivity index (χ1n) is 7.21. The van der Waals surface area contributed by atoms with Crippen molar-refractivity contribution in [1.82, 2.24) is 5.32 Å². The van der Waals surface area contributed by atoms with Crippen molar-refractivity contribution in [2.45, 2.75) is 11.1 Å². The third kappa shape index (κ3) is 5.53. The molecule has 0 heterocycles. The molecular formula is C17H15F3N2O2S. The van der Waals surface area contributed by atoms with E-state index in [0.29, 0.717) is 16.1 Å². The first-order valence-corrected chi connectivity index (χ1v) is 8.20. The summed E-state index contributed by atoms with van der Waals surface area (Å²) >= 11 is 1.01. The smallest absolute Gasteiger partial charge is 0.355 e. The number of amides is 2. The Labute approximate surface area is 146 Å². The highest BCUT2D eigenvalue weighted by atomic mass is 32.2. The maximum absolute atomic E-state index is 12.7. The number of alkyl halides is 3. The van der Waals surface area contributed by atoms with Crippen LogP contribution in [0.1, 0.15) is 15.9 Å². The second kappa shape index (κ2) is 8.06. The number of benzene rings is 2. The van der Waals surface area contributed by atoms with E-state index in [4.69, 9.17) is 0 Å². The Balaban J connectivity index is 1.92. The summed E-state index contributed by atoms with van der Waals surface area (Å²) in [5, 5.41) is 5.11. The van der Waals surface area contributed by atoms with Crippen LogP contribution in [0.4, 0.5) is 18.9 Å². The van der Waals surface area contributed by atoms with E-state index in [1.165, 1.54) is 19.2 Å². The van der Waals surface area contributed by atoms with Gasteiger partial charge >= 0.3 is 6.18 Å². The Bertz CT molecular complexity index is 761. The fourth-order valence-electron chi connectivity index (χ4n) is 1.96. The fraction of sp³-hybridized carbons (Fsp3) is 0.176. The van der Waals surface area contributed by atoms with E-state index in [-0.39, 0.29) is 17.6 Å². The van der Waals surface area contributed by atoms with Gasteiger partial charge in [-0.1, -0.05) is 6.07 Å². The first kappa shape index (κ1) is 18.9. The quantitative estimate of drug-likeness (QED) is 0.790. The van der Waals surface area contributed by atoms with Crippen LogP contribution in [-0.2, 0) is 11.0 Å². The number of carbonyl (C=O) groups is 2. The van der Waals surface area contributed by atoms with Crippen LogP contribution in [0.3, 0.4) is 0 Å². The zero-order valence-corrected chi connectivity index (χ0v) is 14.0. The normalized spacial score (nSPS) is 11.0. The molecular weight excluding hydrogens is 353 g/mol. The van der Waals surface area contributed by atoms with Crippen LogP contribution in [-0.4, -0.2) is 24.6 Å². The summed E-state index contributed by atoms with van der Waals surface area (Å²) in [6.45, 7) is 0. The molecule has 25 heavy (non-hydrogen) atoms. The molecule has 0 saturated heterocycles. The van der Waals surface area contributed by atoms with Gasteiger partial charge in [0, 0.05) is 23.2 Å². The summed E-state index contributed by atoms with van der Waals surface area (Å²) in [6.07, 6.45) is -4.41. The van der Waals surface area contributed by atoms with Gasteiger partial charge in [-0.15, -0.1) is 11.8 Å². The van der Waals surface area contributed by atoms with Crippen LogP contribution in [0.5, 0.6) is 0 Å². The molecule has 2 amide bonds. The summed E-state index contributed by atoms with van der Waals surface area (Å²) in [4.78, 5) is 23.7. The topological polar surface area (TPSA) is 58.2 Å².